The number of carboxylic acid groups (broad SMARTS) is 1. The Labute approximate surface area is 205 Å². The van der Waals surface area contributed by atoms with Crippen molar-refractivity contribution < 1.29 is 50.1 Å². The summed E-state index contributed by atoms with van der Waals surface area (Å²) in [4.78, 5) is 36.4. The number of fused-ring (bicyclic) bond motifs is 3. The SMILES string of the molecule is O=C(O)Cn1c(O)c(-c2ccc(O)c(O)c2)c2c3c(c(O)c(-c4ccc(O)c(O)c4)c21)=CC(=O)C(=O)C=3. The van der Waals surface area contributed by atoms with Crippen LogP contribution in [0.5, 0.6) is 34.6 Å². The number of aromatic hydroxyl groups is 6. The zero-order valence-corrected chi connectivity index (χ0v) is 18.6. The molecule has 0 saturated carbocycles. The summed E-state index contributed by atoms with van der Waals surface area (Å²) in [5, 5.41) is 71.8. The number of carboxylic acids is 1. The van der Waals surface area contributed by atoms with Gasteiger partial charge in [-0.1, -0.05) is 12.1 Å². The molecule has 1 aromatic heterocycles. The number of ketones is 2. The molecule has 0 saturated heterocycles. The van der Waals surface area contributed by atoms with Gasteiger partial charge >= 0.3 is 5.97 Å². The van der Waals surface area contributed by atoms with E-state index >= 15 is 0 Å². The van der Waals surface area contributed by atoms with Crippen LogP contribution in [0.15, 0.2) is 36.4 Å². The van der Waals surface area contributed by atoms with E-state index in [1.807, 2.05) is 0 Å². The van der Waals surface area contributed by atoms with Crippen molar-refractivity contribution in [1.82, 2.24) is 4.57 Å². The van der Waals surface area contributed by atoms with Crippen LogP contribution in [0.2, 0.25) is 0 Å². The van der Waals surface area contributed by atoms with E-state index in [1.165, 1.54) is 12.1 Å². The zero-order chi connectivity index (χ0) is 26.8. The molecule has 3 aromatic carbocycles. The lowest BCUT2D eigenvalue weighted by atomic mass is 9.92. The van der Waals surface area contributed by atoms with Crippen LogP contribution in [-0.2, 0) is 20.9 Å². The molecular weight excluding hydrogens is 486 g/mol. The first-order valence-corrected chi connectivity index (χ1v) is 10.7. The van der Waals surface area contributed by atoms with Crippen molar-refractivity contribution in [3.8, 4) is 56.9 Å². The highest BCUT2D eigenvalue weighted by Gasteiger charge is 2.29. The van der Waals surface area contributed by atoms with Crippen LogP contribution in [0, 0.1) is 0 Å². The third-order valence-corrected chi connectivity index (χ3v) is 6.14. The summed E-state index contributed by atoms with van der Waals surface area (Å²) in [6.07, 6.45) is 1.85. The van der Waals surface area contributed by atoms with Crippen LogP contribution >= 0.6 is 0 Å². The number of carbonyl (C=O) groups excluding carboxylic acids is 2. The largest absolute Gasteiger partial charge is 0.507 e. The summed E-state index contributed by atoms with van der Waals surface area (Å²) in [5.41, 5.74) is -0.0363. The molecule has 5 rings (SSSR count). The second-order valence-electron chi connectivity index (χ2n) is 8.38. The molecule has 0 aliphatic heterocycles. The Kier molecular flexibility index (Phi) is 5.07. The van der Waals surface area contributed by atoms with E-state index in [0.29, 0.717) is 0 Å². The monoisotopic (exact) mass is 503 g/mol. The molecule has 4 aromatic rings. The molecular formula is C26H17NO10. The molecule has 37 heavy (non-hydrogen) atoms. The van der Waals surface area contributed by atoms with Crippen molar-refractivity contribution in [2.24, 2.45) is 0 Å². The van der Waals surface area contributed by atoms with Gasteiger partial charge in [-0.3, -0.25) is 19.0 Å². The van der Waals surface area contributed by atoms with Gasteiger partial charge in [-0.15, -0.1) is 0 Å². The zero-order valence-electron chi connectivity index (χ0n) is 18.6. The van der Waals surface area contributed by atoms with Crippen molar-refractivity contribution >= 4 is 40.6 Å². The van der Waals surface area contributed by atoms with E-state index in [4.69, 9.17) is 0 Å². The summed E-state index contributed by atoms with van der Waals surface area (Å²) in [5.74, 6) is -6.42. The third kappa shape index (κ3) is 3.48. The molecule has 1 heterocycles. The minimum atomic E-state index is -1.37. The standard InChI is InChI=1S/C26H17NO10/c28-14-3-1-10(5-16(14)30)21-23-12-7-18(32)19(33)8-13(12)25(36)22(11-2-4-15(29)17(31)6-11)24(23)27(26(21)37)9-20(34)35/h1-8,28-31,36-37H,9H2,(H,34,35). The van der Waals surface area contributed by atoms with Crippen LogP contribution in [0.1, 0.15) is 0 Å². The Hall–Kier alpha value is -5.45. The highest BCUT2D eigenvalue weighted by Crippen LogP contribution is 2.46. The molecule has 1 aliphatic rings. The van der Waals surface area contributed by atoms with E-state index < -0.39 is 58.7 Å². The lowest BCUT2D eigenvalue weighted by molar-refractivity contribution is -0.137. The Morgan fingerprint density at radius 1 is 0.703 bits per heavy atom. The fourth-order valence-electron chi connectivity index (χ4n) is 4.53. The van der Waals surface area contributed by atoms with Gasteiger partial charge in [0.05, 0.1) is 11.1 Å². The maximum atomic E-state index is 12.3. The molecule has 1 aliphatic carbocycles. The highest BCUT2D eigenvalue weighted by atomic mass is 16.4. The van der Waals surface area contributed by atoms with E-state index in [9.17, 15) is 50.1 Å². The lowest BCUT2D eigenvalue weighted by Gasteiger charge is -2.14. The Bertz CT molecular complexity index is 1830. The van der Waals surface area contributed by atoms with Gasteiger partial charge in [0.2, 0.25) is 17.4 Å². The number of phenolic OH excluding ortho intramolecular Hbond substituents is 5. The van der Waals surface area contributed by atoms with Gasteiger partial charge in [-0.25, -0.2) is 0 Å². The Morgan fingerprint density at radius 2 is 1.22 bits per heavy atom. The number of aliphatic carboxylic acids is 1. The lowest BCUT2D eigenvalue weighted by Crippen LogP contribution is -2.34. The van der Waals surface area contributed by atoms with E-state index in [-0.39, 0.29) is 43.6 Å². The average Bonchev–Trinajstić information content (AvgIpc) is 3.11. The van der Waals surface area contributed by atoms with Crippen molar-refractivity contribution in [1.29, 1.82) is 0 Å². The summed E-state index contributed by atoms with van der Waals surface area (Å²) in [6.45, 7) is -0.807. The maximum absolute atomic E-state index is 12.3. The van der Waals surface area contributed by atoms with Gasteiger partial charge in [0.25, 0.3) is 0 Å². The highest BCUT2D eigenvalue weighted by molar-refractivity contribution is 6.58. The van der Waals surface area contributed by atoms with Crippen LogP contribution in [0.3, 0.4) is 0 Å². The minimum Gasteiger partial charge on any atom is -0.507 e. The van der Waals surface area contributed by atoms with E-state index in [2.05, 4.69) is 0 Å². The number of Topliss-reactive ketones (excluding diaryl/α,β-unsaturated/α-hetero) is 2. The minimum absolute atomic E-state index is 0.00542. The molecule has 0 spiro atoms. The molecule has 11 nitrogen and oxygen atoms in total. The van der Waals surface area contributed by atoms with Crippen molar-refractivity contribution in [3.63, 3.8) is 0 Å². The molecule has 0 amide bonds. The molecule has 0 bridgehead atoms. The van der Waals surface area contributed by atoms with Gasteiger partial charge in [-0.2, -0.15) is 0 Å². The summed E-state index contributed by atoms with van der Waals surface area (Å²) < 4.78 is 0.949. The number of carbonyl (C=O) groups is 3. The fraction of sp³-hybridized carbons (Fsp3) is 0.0385. The van der Waals surface area contributed by atoms with Crippen LogP contribution < -0.4 is 10.4 Å². The number of rotatable bonds is 4. The van der Waals surface area contributed by atoms with Crippen LogP contribution in [0.4, 0.5) is 0 Å². The van der Waals surface area contributed by atoms with Crippen molar-refractivity contribution in [2.75, 3.05) is 0 Å². The molecule has 11 heteroatoms. The van der Waals surface area contributed by atoms with Gasteiger partial charge < -0.3 is 35.7 Å². The van der Waals surface area contributed by atoms with Gasteiger partial charge in [0, 0.05) is 22.2 Å². The number of hydrogen-bond acceptors (Lipinski definition) is 9. The molecule has 186 valence electrons. The fourth-order valence-corrected chi connectivity index (χ4v) is 4.53. The Morgan fingerprint density at radius 3 is 1.73 bits per heavy atom. The number of aromatic nitrogens is 1. The first kappa shape index (κ1) is 23.3. The quantitative estimate of drug-likeness (QED) is 0.156. The van der Waals surface area contributed by atoms with Gasteiger partial charge in [0.1, 0.15) is 12.3 Å². The Balaban J connectivity index is 2.09. The van der Waals surface area contributed by atoms with Gasteiger partial charge in [0.15, 0.2) is 23.0 Å². The van der Waals surface area contributed by atoms with Crippen LogP contribution in [-0.4, -0.2) is 57.8 Å². The van der Waals surface area contributed by atoms with Crippen molar-refractivity contribution in [2.45, 2.75) is 6.54 Å². The predicted octanol–water partition coefficient (Wildman–Crippen LogP) is 1.01. The number of phenols is 5. The molecule has 0 atom stereocenters. The molecule has 0 fully saturated rings. The second kappa shape index (κ2) is 8.05. The van der Waals surface area contributed by atoms with Crippen LogP contribution in [0.25, 0.3) is 45.3 Å². The first-order valence-electron chi connectivity index (χ1n) is 10.7. The molecule has 0 radical (unpaired) electrons. The van der Waals surface area contributed by atoms with Crippen molar-refractivity contribution in [3.05, 3.63) is 46.8 Å². The topological polar surface area (TPSA) is 198 Å². The summed E-state index contributed by atoms with van der Waals surface area (Å²) in [6, 6.07) is 7.12. The smallest absolute Gasteiger partial charge is 0.323 e. The molecule has 0 unspecified atom stereocenters. The summed E-state index contributed by atoms with van der Waals surface area (Å²) >= 11 is 0. The van der Waals surface area contributed by atoms with Gasteiger partial charge in [-0.05, 0) is 46.7 Å². The average molecular weight is 503 g/mol. The third-order valence-electron chi connectivity index (χ3n) is 6.14. The maximum Gasteiger partial charge on any atom is 0.323 e. The normalized spacial score (nSPS) is 12.8. The van der Waals surface area contributed by atoms with E-state index in [0.717, 1.165) is 41.0 Å². The number of benzene rings is 3. The van der Waals surface area contributed by atoms with E-state index in [1.54, 1.807) is 0 Å². The number of hydrogen-bond donors (Lipinski definition) is 7. The second-order valence-corrected chi connectivity index (χ2v) is 8.38. The predicted molar refractivity (Wildman–Crippen MR) is 129 cm³/mol. The first-order chi connectivity index (χ1) is 17.5. The number of nitrogens with zero attached hydrogens (tertiary/aromatic N) is 1. The molecule has 7 N–H and O–H groups in total. The summed E-state index contributed by atoms with van der Waals surface area (Å²) in [7, 11) is 0.